The molecular weight excluding hydrogens is 432 g/mol. The van der Waals surface area contributed by atoms with Crippen molar-refractivity contribution in [3.63, 3.8) is 0 Å². The fourth-order valence-electron chi connectivity index (χ4n) is 3.12. The molecule has 3 heterocycles. The average molecular weight is 452 g/mol. The van der Waals surface area contributed by atoms with Crippen molar-refractivity contribution in [1.82, 2.24) is 24.6 Å². The fourth-order valence-corrected chi connectivity index (χ4v) is 4.14. The molecule has 11 heteroatoms. The van der Waals surface area contributed by atoms with Gasteiger partial charge in [-0.2, -0.15) is 13.4 Å². The van der Waals surface area contributed by atoms with Crippen LogP contribution in [0, 0.1) is 20.8 Å². The van der Waals surface area contributed by atoms with E-state index in [9.17, 15) is 13.2 Å². The van der Waals surface area contributed by atoms with E-state index in [1.165, 1.54) is 10.6 Å². The second-order valence-corrected chi connectivity index (χ2v) is 8.72. The van der Waals surface area contributed by atoms with Crippen LogP contribution in [0.1, 0.15) is 33.0 Å². The highest BCUT2D eigenvalue weighted by molar-refractivity contribution is 7.92. The molecule has 164 valence electrons. The van der Waals surface area contributed by atoms with Gasteiger partial charge < -0.3 is 4.74 Å². The van der Waals surface area contributed by atoms with Crippen LogP contribution in [-0.4, -0.2) is 39.0 Å². The molecule has 4 aromatic rings. The number of esters is 1. The minimum Gasteiger partial charge on any atom is -0.456 e. The summed E-state index contributed by atoms with van der Waals surface area (Å²) in [5.41, 5.74) is 2.65. The lowest BCUT2D eigenvalue weighted by Gasteiger charge is -2.13. The standard InChI is InChI=1S/C21H20N6O4S/c1-13-7-6-9-17(19(28)31-12-16-8-4-5-10-22-16)18(13)26-32(29,30)21-24-20-23-14(2)11-15(3)27(20)25-21/h4-11,26H,12H2,1-3H3. The minimum absolute atomic E-state index is 0.0436. The SMILES string of the molecule is Cc1cc(C)n2nc(S(=O)(=O)Nc3c(C)cccc3C(=O)OCc3ccccn3)nc2n1. The molecule has 0 unspecified atom stereocenters. The van der Waals surface area contributed by atoms with Crippen LogP contribution in [0.25, 0.3) is 5.78 Å². The highest BCUT2D eigenvalue weighted by atomic mass is 32.2. The van der Waals surface area contributed by atoms with Gasteiger partial charge >= 0.3 is 5.97 Å². The van der Waals surface area contributed by atoms with E-state index in [0.717, 1.165) is 0 Å². The number of para-hydroxylation sites is 1. The molecule has 10 nitrogen and oxygen atoms in total. The van der Waals surface area contributed by atoms with Crippen molar-refractivity contribution in [3.8, 4) is 0 Å². The molecule has 32 heavy (non-hydrogen) atoms. The van der Waals surface area contributed by atoms with Crippen LogP contribution in [0.4, 0.5) is 5.69 Å². The van der Waals surface area contributed by atoms with Crippen LogP contribution in [-0.2, 0) is 21.4 Å². The lowest BCUT2D eigenvalue weighted by atomic mass is 10.1. The van der Waals surface area contributed by atoms with Gasteiger partial charge in [-0.05, 0) is 50.6 Å². The number of ether oxygens (including phenoxy) is 1. The van der Waals surface area contributed by atoms with Gasteiger partial charge in [-0.15, -0.1) is 5.10 Å². The van der Waals surface area contributed by atoms with Crippen molar-refractivity contribution in [2.45, 2.75) is 32.5 Å². The zero-order valence-corrected chi connectivity index (χ0v) is 18.4. The van der Waals surface area contributed by atoms with E-state index in [0.29, 0.717) is 22.6 Å². The molecule has 0 fully saturated rings. The molecule has 0 radical (unpaired) electrons. The van der Waals surface area contributed by atoms with E-state index in [2.05, 4.69) is 24.8 Å². The van der Waals surface area contributed by atoms with Gasteiger partial charge in [0.15, 0.2) is 0 Å². The molecular formula is C21H20N6O4S. The summed E-state index contributed by atoms with van der Waals surface area (Å²) >= 11 is 0. The zero-order chi connectivity index (χ0) is 22.9. The van der Waals surface area contributed by atoms with E-state index < -0.39 is 21.1 Å². The Morgan fingerprint density at radius 1 is 1.09 bits per heavy atom. The Hall–Kier alpha value is -3.86. The maximum absolute atomic E-state index is 13.0. The lowest BCUT2D eigenvalue weighted by Crippen LogP contribution is -2.19. The maximum atomic E-state index is 13.0. The van der Waals surface area contributed by atoms with Crippen molar-refractivity contribution < 1.29 is 17.9 Å². The molecule has 4 rings (SSSR count). The number of hydrogen-bond acceptors (Lipinski definition) is 8. The third-order valence-corrected chi connectivity index (χ3v) is 5.77. The highest BCUT2D eigenvalue weighted by Gasteiger charge is 2.25. The van der Waals surface area contributed by atoms with Crippen molar-refractivity contribution in [1.29, 1.82) is 0 Å². The number of rotatable bonds is 6. The minimum atomic E-state index is -4.20. The molecule has 0 aliphatic carbocycles. The number of aromatic nitrogens is 5. The first-order valence-electron chi connectivity index (χ1n) is 9.65. The average Bonchev–Trinajstić information content (AvgIpc) is 3.19. The lowest BCUT2D eigenvalue weighted by molar-refractivity contribution is 0.0469. The van der Waals surface area contributed by atoms with Crippen LogP contribution < -0.4 is 4.72 Å². The van der Waals surface area contributed by atoms with Gasteiger partial charge in [0.1, 0.15) is 6.61 Å². The van der Waals surface area contributed by atoms with Gasteiger partial charge in [-0.1, -0.05) is 18.2 Å². The molecule has 1 aromatic carbocycles. The van der Waals surface area contributed by atoms with Gasteiger partial charge in [0.25, 0.3) is 21.0 Å². The molecule has 1 N–H and O–H groups in total. The number of nitrogens with zero attached hydrogens (tertiary/aromatic N) is 5. The number of hydrogen-bond donors (Lipinski definition) is 1. The fraction of sp³-hybridized carbons (Fsp3) is 0.190. The maximum Gasteiger partial charge on any atom is 0.340 e. The summed E-state index contributed by atoms with van der Waals surface area (Å²) in [6.07, 6.45) is 1.59. The van der Waals surface area contributed by atoms with Crippen molar-refractivity contribution in [2.24, 2.45) is 0 Å². The number of aryl methyl sites for hydroxylation is 3. The zero-order valence-electron chi connectivity index (χ0n) is 17.6. The molecule has 0 saturated heterocycles. The van der Waals surface area contributed by atoms with Crippen LogP contribution in [0.2, 0.25) is 0 Å². The number of anilines is 1. The Kier molecular flexibility index (Phi) is 5.57. The quantitative estimate of drug-likeness (QED) is 0.442. The third kappa shape index (κ3) is 4.28. The van der Waals surface area contributed by atoms with E-state index in [4.69, 9.17) is 4.74 Å². The Labute approximate surface area is 184 Å². The normalized spacial score (nSPS) is 11.5. The largest absolute Gasteiger partial charge is 0.456 e. The van der Waals surface area contributed by atoms with Crippen molar-refractivity contribution in [3.05, 3.63) is 76.9 Å². The van der Waals surface area contributed by atoms with Crippen LogP contribution in [0.15, 0.2) is 53.8 Å². The first kappa shape index (κ1) is 21.4. The van der Waals surface area contributed by atoms with Crippen LogP contribution in [0.3, 0.4) is 0 Å². The molecule has 0 aliphatic heterocycles. The van der Waals surface area contributed by atoms with Crippen molar-refractivity contribution in [2.75, 3.05) is 4.72 Å². The van der Waals surface area contributed by atoms with Crippen LogP contribution in [0.5, 0.6) is 0 Å². The summed E-state index contributed by atoms with van der Waals surface area (Å²) in [4.78, 5) is 25.1. The summed E-state index contributed by atoms with van der Waals surface area (Å²) in [5, 5.41) is 3.62. The molecule has 0 atom stereocenters. The molecule has 0 amide bonds. The van der Waals surface area contributed by atoms with E-state index in [-0.39, 0.29) is 23.6 Å². The predicted molar refractivity (Wildman–Crippen MR) is 116 cm³/mol. The monoisotopic (exact) mass is 452 g/mol. The summed E-state index contributed by atoms with van der Waals surface area (Å²) in [6, 6.07) is 11.8. The highest BCUT2D eigenvalue weighted by Crippen LogP contribution is 2.25. The van der Waals surface area contributed by atoms with Gasteiger partial charge in [-0.3, -0.25) is 9.71 Å². The topological polar surface area (TPSA) is 128 Å². The van der Waals surface area contributed by atoms with Crippen LogP contribution >= 0.6 is 0 Å². The molecule has 0 saturated carbocycles. The third-order valence-electron chi connectivity index (χ3n) is 4.65. The predicted octanol–water partition coefficient (Wildman–Crippen LogP) is 2.60. The molecule has 3 aromatic heterocycles. The van der Waals surface area contributed by atoms with Gasteiger partial charge in [-0.25, -0.2) is 14.3 Å². The number of carbonyl (C=O) groups excluding carboxylic acids is 1. The summed E-state index contributed by atoms with van der Waals surface area (Å²) < 4.78 is 35.2. The second-order valence-electron chi connectivity index (χ2n) is 7.15. The number of benzene rings is 1. The van der Waals surface area contributed by atoms with E-state index in [1.54, 1.807) is 63.4 Å². The summed E-state index contributed by atoms with van der Waals surface area (Å²) in [6.45, 7) is 5.19. The number of nitrogens with one attached hydrogen (secondary N) is 1. The Balaban J connectivity index is 1.64. The first-order chi connectivity index (χ1) is 15.2. The second kappa shape index (κ2) is 8.35. The Morgan fingerprint density at radius 3 is 2.66 bits per heavy atom. The van der Waals surface area contributed by atoms with Gasteiger partial charge in [0, 0.05) is 17.6 Å². The molecule has 0 spiro atoms. The van der Waals surface area contributed by atoms with Gasteiger partial charge in [0.2, 0.25) is 0 Å². The summed E-state index contributed by atoms with van der Waals surface area (Å²) in [7, 11) is -4.20. The van der Waals surface area contributed by atoms with Gasteiger partial charge in [0.05, 0.1) is 16.9 Å². The van der Waals surface area contributed by atoms with Crippen molar-refractivity contribution >= 4 is 27.5 Å². The van der Waals surface area contributed by atoms with E-state index >= 15 is 0 Å². The smallest absolute Gasteiger partial charge is 0.340 e. The summed E-state index contributed by atoms with van der Waals surface area (Å²) in [5.74, 6) is -0.518. The Bertz CT molecular complexity index is 1420. The number of pyridine rings is 1. The number of fused-ring (bicyclic) bond motifs is 1. The molecule has 0 aliphatic rings. The first-order valence-corrected chi connectivity index (χ1v) is 11.1. The number of carbonyl (C=O) groups is 1. The van der Waals surface area contributed by atoms with E-state index in [1.807, 2.05) is 0 Å². The molecule has 0 bridgehead atoms. The Morgan fingerprint density at radius 2 is 1.91 bits per heavy atom. The number of sulfonamides is 1.